The molecule has 1 aliphatic carbocycles. The molecule has 1 aromatic carbocycles. The Bertz CT molecular complexity index is 927. The van der Waals surface area contributed by atoms with E-state index in [9.17, 15) is 14.7 Å². The smallest absolute Gasteiger partial charge is 0.305 e. The summed E-state index contributed by atoms with van der Waals surface area (Å²) in [4.78, 5) is 24.3. The predicted molar refractivity (Wildman–Crippen MR) is 121 cm³/mol. The molecule has 0 spiro atoms. The van der Waals surface area contributed by atoms with E-state index >= 15 is 0 Å². The fourth-order valence-electron chi connectivity index (χ4n) is 3.75. The summed E-state index contributed by atoms with van der Waals surface area (Å²) in [5.41, 5.74) is 1.74. The van der Waals surface area contributed by atoms with Gasteiger partial charge >= 0.3 is 5.97 Å². The molecule has 0 unspecified atom stereocenters. The van der Waals surface area contributed by atoms with Gasteiger partial charge in [-0.2, -0.15) is 5.10 Å². The molecule has 174 valence electrons. The van der Waals surface area contributed by atoms with Crippen molar-refractivity contribution in [1.82, 2.24) is 15.1 Å². The van der Waals surface area contributed by atoms with Crippen LogP contribution in [0.3, 0.4) is 0 Å². The average Bonchev–Trinajstić information content (AvgIpc) is 3.47. The highest BCUT2D eigenvalue weighted by Crippen LogP contribution is 2.40. The zero-order valence-corrected chi connectivity index (χ0v) is 19.3. The molecule has 1 amide bonds. The van der Waals surface area contributed by atoms with Crippen LogP contribution < -0.4 is 14.8 Å². The molecule has 2 aromatic rings. The Labute approximate surface area is 188 Å². The lowest BCUT2D eigenvalue weighted by atomic mass is 10.0. The summed E-state index contributed by atoms with van der Waals surface area (Å²) in [5, 5.41) is 16.7. The van der Waals surface area contributed by atoms with Gasteiger partial charge in [0.2, 0.25) is 0 Å². The van der Waals surface area contributed by atoms with Gasteiger partial charge in [0, 0.05) is 12.6 Å². The number of carbonyl (C=O) groups is 2. The molecule has 0 aliphatic heterocycles. The molecule has 1 atom stereocenters. The van der Waals surface area contributed by atoms with Crippen LogP contribution in [0.4, 0.5) is 0 Å². The summed E-state index contributed by atoms with van der Waals surface area (Å²) in [6.45, 7) is 4.86. The minimum atomic E-state index is -0.933. The van der Waals surface area contributed by atoms with Gasteiger partial charge in [0.05, 0.1) is 31.9 Å². The summed E-state index contributed by atoms with van der Waals surface area (Å²) in [6, 6.07) is 6.84. The molecule has 1 aromatic heterocycles. The predicted octanol–water partition coefficient (Wildman–Crippen LogP) is 3.99. The minimum Gasteiger partial charge on any atom is -0.496 e. The highest BCUT2D eigenvalue weighted by molar-refractivity contribution is 5.94. The van der Waals surface area contributed by atoms with Gasteiger partial charge in [-0.1, -0.05) is 19.9 Å². The number of carboxylic acid groups (broad SMARTS) is 1. The molecular weight excluding hydrogens is 410 g/mol. The lowest BCUT2D eigenvalue weighted by Gasteiger charge is -2.17. The monoisotopic (exact) mass is 443 g/mol. The van der Waals surface area contributed by atoms with E-state index in [-0.39, 0.29) is 18.0 Å². The second-order valence-corrected chi connectivity index (χ2v) is 8.82. The van der Waals surface area contributed by atoms with Gasteiger partial charge in [0.1, 0.15) is 11.5 Å². The van der Waals surface area contributed by atoms with Gasteiger partial charge in [-0.15, -0.1) is 0 Å². The second-order valence-electron chi connectivity index (χ2n) is 8.82. The van der Waals surface area contributed by atoms with E-state index in [2.05, 4.69) is 24.3 Å². The first-order valence-electron chi connectivity index (χ1n) is 11.1. The highest BCUT2D eigenvalue weighted by Gasteiger charge is 2.28. The molecule has 1 saturated carbocycles. The number of amides is 1. The van der Waals surface area contributed by atoms with Crippen LogP contribution >= 0.6 is 0 Å². The summed E-state index contributed by atoms with van der Waals surface area (Å²) < 4.78 is 13.0. The van der Waals surface area contributed by atoms with Gasteiger partial charge in [-0.05, 0) is 55.7 Å². The first kappa shape index (κ1) is 23.6. The van der Waals surface area contributed by atoms with Crippen molar-refractivity contribution in [3.63, 3.8) is 0 Å². The van der Waals surface area contributed by atoms with E-state index in [1.807, 2.05) is 22.9 Å². The quantitative estimate of drug-likeness (QED) is 0.514. The number of benzene rings is 1. The summed E-state index contributed by atoms with van der Waals surface area (Å²) in [6.07, 6.45) is 3.59. The number of ether oxygens (including phenoxy) is 2. The van der Waals surface area contributed by atoms with E-state index < -0.39 is 12.0 Å². The van der Waals surface area contributed by atoms with Gasteiger partial charge in [0.15, 0.2) is 5.69 Å². The molecular formula is C24H33N3O5. The molecule has 32 heavy (non-hydrogen) atoms. The Morgan fingerprint density at radius 3 is 2.38 bits per heavy atom. The van der Waals surface area contributed by atoms with E-state index in [4.69, 9.17) is 9.47 Å². The molecule has 0 saturated heterocycles. The van der Waals surface area contributed by atoms with Gasteiger partial charge < -0.3 is 19.9 Å². The molecule has 8 heteroatoms. The van der Waals surface area contributed by atoms with Crippen LogP contribution in [0.2, 0.25) is 0 Å². The van der Waals surface area contributed by atoms with Gasteiger partial charge in [0.25, 0.3) is 5.91 Å². The molecule has 1 heterocycles. The van der Waals surface area contributed by atoms with Crippen LogP contribution in [0.15, 0.2) is 24.3 Å². The average molecular weight is 444 g/mol. The fraction of sp³-hybridized carbons (Fsp3) is 0.542. The van der Waals surface area contributed by atoms with E-state index in [0.29, 0.717) is 36.3 Å². The number of nitrogens with zero attached hydrogens (tertiary/aromatic N) is 2. The summed E-state index contributed by atoms with van der Waals surface area (Å²) >= 11 is 0. The molecule has 1 fully saturated rings. The number of rotatable bonds is 12. The number of carbonyl (C=O) groups excluding carboxylic acids is 1. The topological polar surface area (TPSA) is 103 Å². The number of carboxylic acids is 1. The molecule has 8 nitrogen and oxygen atoms in total. The Kier molecular flexibility index (Phi) is 7.77. The van der Waals surface area contributed by atoms with Crippen LogP contribution in [-0.4, -0.2) is 47.0 Å². The fourth-order valence-corrected chi connectivity index (χ4v) is 3.75. The van der Waals surface area contributed by atoms with Crippen LogP contribution in [-0.2, 0) is 11.3 Å². The maximum Gasteiger partial charge on any atom is 0.305 e. The Morgan fingerprint density at radius 2 is 1.84 bits per heavy atom. The normalized spacial score (nSPS) is 14.3. The molecule has 0 bridgehead atoms. The molecule has 0 radical (unpaired) electrons. The van der Waals surface area contributed by atoms with Crippen molar-refractivity contribution >= 4 is 11.9 Å². The van der Waals surface area contributed by atoms with Crippen molar-refractivity contribution in [2.75, 3.05) is 14.2 Å². The zero-order chi connectivity index (χ0) is 23.3. The van der Waals surface area contributed by atoms with Crippen LogP contribution in [0, 0.1) is 11.8 Å². The summed E-state index contributed by atoms with van der Waals surface area (Å²) in [7, 11) is 3.19. The van der Waals surface area contributed by atoms with Crippen molar-refractivity contribution in [3.8, 4) is 22.8 Å². The van der Waals surface area contributed by atoms with E-state index in [1.165, 1.54) is 0 Å². The third kappa shape index (κ3) is 6.02. The first-order chi connectivity index (χ1) is 15.3. The lowest BCUT2D eigenvalue weighted by Crippen LogP contribution is -2.37. The van der Waals surface area contributed by atoms with Crippen molar-refractivity contribution in [2.24, 2.45) is 11.8 Å². The van der Waals surface area contributed by atoms with Crippen molar-refractivity contribution in [1.29, 1.82) is 0 Å². The van der Waals surface area contributed by atoms with Gasteiger partial charge in [-0.3, -0.25) is 14.3 Å². The number of aromatic nitrogens is 2. The largest absolute Gasteiger partial charge is 0.496 e. The van der Waals surface area contributed by atoms with Crippen LogP contribution in [0.25, 0.3) is 11.3 Å². The van der Waals surface area contributed by atoms with Crippen molar-refractivity contribution in [2.45, 2.75) is 58.5 Å². The SMILES string of the molecule is COc1cccc(OC)c1-c1cc(C(=O)N[C@@H](CCC(C)C)CC(=O)O)nn1CC1CC1. The van der Waals surface area contributed by atoms with Crippen molar-refractivity contribution < 1.29 is 24.2 Å². The maximum atomic E-state index is 13.0. The molecule has 3 rings (SSSR count). The number of hydrogen-bond donors (Lipinski definition) is 2. The van der Waals surface area contributed by atoms with Crippen LogP contribution in [0.1, 0.15) is 56.4 Å². The van der Waals surface area contributed by atoms with Gasteiger partial charge in [-0.25, -0.2) is 0 Å². The van der Waals surface area contributed by atoms with Crippen molar-refractivity contribution in [3.05, 3.63) is 30.0 Å². The molecule has 1 aliphatic rings. The minimum absolute atomic E-state index is 0.117. The standard InChI is InChI=1S/C24H33N3O5/c1-15(2)8-11-17(12-22(28)29)25-24(30)18-13-19(27(26-18)14-16-9-10-16)23-20(31-3)6-5-7-21(23)32-4/h5-7,13,15-17H,8-12,14H2,1-4H3,(H,25,30)(H,28,29)/t17-/m0/s1. The van der Waals surface area contributed by atoms with E-state index in [0.717, 1.165) is 30.5 Å². The Morgan fingerprint density at radius 1 is 1.19 bits per heavy atom. The number of aliphatic carboxylic acids is 1. The number of hydrogen-bond acceptors (Lipinski definition) is 5. The number of nitrogens with one attached hydrogen (secondary N) is 1. The Balaban J connectivity index is 1.92. The third-order valence-corrected chi connectivity index (χ3v) is 5.67. The third-order valence-electron chi connectivity index (χ3n) is 5.67. The lowest BCUT2D eigenvalue weighted by molar-refractivity contribution is -0.137. The Hall–Kier alpha value is -3.03. The molecule has 2 N–H and O–H groups in total. The van der Waals surface area contributed by atoms with Crippen LogP contribution in [0.5, 0.6) is 11.5 Å². The highest BCUT2D eigenvalue weighted by atomic mass is 16.5. The first-order valence-corrected chi connectivity index (χ1v) is 11.1. The summed E-state index contributed by atoms with van der Waals surface area (Å²) in [5.74, 6) is 0.923. The maximum absolute atomic E-state index is 13.0. The zero-order valence-electron chi connectivity index (χ0n) is 19.3. The number of methoxy groups -OCH3 is 2. The second kappa shape index (κ2) is 10.5. The van der Waals surface area contributed by atoms with E-state index in [1.54, 1.807) is 20.3 Å².